The van der Waals surface area contributed by atoms with Crippen molar-refractivity contribution in [1.29, 1.82) is 0 Å². The molecule has 0 bridgehead atoms. The molecule has 0 heterocycles. The maximum absolute atomic E-state index is 12.6. The van der Waals surface area contributed by atoms with E-state index in [2.05, 4.69) is 11.4 Å². The van der Waals surface area contributed by atoms with Gasteiger partial charge in [0.05, 0.1) is 11.9 Å². The Balaban J connectivity index is 2.21. The topological polar surface area (TPSA) is 66.5 Å². The second kappa shape index (κ2) is 8.23. The molecule has 0 spiro atoms. The summed E-state index contributed by atoms with van der Waals surface area (Å²) >= 11 is 6.03. The monoisotopic (exact) mass is 384 g/mol. The van der Waals surface area contributed by atoms with Crippen molar-refractivity contribution in [2.24, 2.45) is 0 Å². The van der Waals surface area contributed by atoms with Crippen LogP contribution in [0.25, 0.3) is 0 Å². The molecule has 1 aliphatic rings. The lowest BCUT2D eigenvalue weighted by atomic mass is 10.00. The summed E-state index contributed by atoms with van der Waals surface area (Å²) < 4.78 is 25.8. The van der Waals surface area contributed by atoms with Gasteiger partial charge in [-0.3, -0.25) is 9.10 Å². The second-order valence-electron chi connectivity index (χ2n) is 6.49. The molecule has 1 amide bonds. The number of hydrogen-bond acceptors (Lipinski definition) is 3. The molecule has 1 aromatic carbocycles. The van der Waals surface area contributed by atoms with Crippen LogP contribution in [0, 0.1) is 6.92 Å². The molecule has 0 saturated heterocycles. The fraction of sp³-hybridized carbons (Fsp3) is 0.500. The molecule has 1 aliphatic carbocycles. The number of anilines is 1. The zero-order valence-electron chi connectivity index (χ0n) is 14.9. The van der Waals surface area contributed by atoms with E-state index in [0.717, 1.165) is 35.4 Å². The minimum absolute atomic E-state index is 0.323. The first kappa shape index (κ1) is 19.8. The smallest absolute Gasteiger partial charge is 0.243 e. The zero-order chi connectivity index (χ0) is 18.6. The van der Waals surface area contributed by atoms with Gasteiger partial charge in [0.2, 0.25) is 15.9 Å². The normalized spacial score (nSPS) is 16.1. The number of halogens is 1. The van der Waals surface area contributed by atoms with Gasteiger partial charge in [0.25, 0.3) is 0 Å². The molecule has 5 nitrogen and oxygen atoms in total. The van der Waals surface area contributed by atoms with Gasteiger partial charge < -0.3 is 5.32 Å². The fourth-order valence-corrected chi connectivity index (χ4v) is 4.41. The van der Waals surface area contributed by atoms with Crippen LogP contribution in [0.1, 0.15) is 38.2 Å². The Kier molecular flexibility index (Phi) is 6.52. The van der Waals surface area contributed by atoms with Crippen LogP contribution in [0.2, 0.25) is 5.02 Å². The first-order valence-electron chi connectivity index (χ1n) is 8.41. The van der Waals surface area contributed by atoms with Crippen LogP contribution in [-0.4, -0.2) is 33.2 Å². The van der Waals surface area contributed by atoms with Crippen LogP contribution in [0.15, 0.2) is 29.8 Å². The van der Waals surface area contributed by atoms with Crippen molar-refractivity contribution < 1.29 is 13.2 Å². The summed E-state index contributed by atoms with van der Waals surface area (Å²) in [5, 5.41) is 3.29. The van der Waals surface area contributed by atoms with E-state index in [1.165, 1.54) is 12.0 Å². The van der Waals surface area contributed by atoms with Crippen molar-refractivity contribution in [3.63, 3.8) is 0 Å². The quantitative estimate of drug-likeness (QED) is 0.764. The zero-order valence-corrected chi connectivity index (χ0v) is 16.5. The number of hydrogen-bond donors (Lipinski definition) is 1. The lowest BCUT2D eigenvalue weighted by Gasteiger charge is -2.29. The van der Waals surface area contributed by atoms with Gasteiger partial charge in [-0.2, -0.15) is 0 Å². The number of nitrogens with zero attached hydrogens (tertiary/aromatic N) is 1. The summed E-state index contributed by atoms with van der Waals surface area (Å²) in [7, 11) is -3.65. The summed E-state index contributed by atoms with van der Waals surface area (Å²) in [5.74, 6) is -0.323. The Morgan fingerprint density at radius 3 is 2.68 bits per heavy atom. The molecular weight excluding hydrogens is 360 g/mol. The molecule has 0 aromatic heterocycles. The molecule has 0 aliphatic heterocycles. The van der Waals surface area contributed by atoms with Crippen molar-refractivity contribution in [3.8, 4) is 0 Å². The van der Waals surface area contributed by atoms with Crippen LogP contribution < -0.4 is 9.62 Å². The van der Waals surface area contributed by atoms with Gasteiger partial charge in [0.15, 0.2) is 0 Å². The standard InChI is InChI=1S/C18H25ClN2O3S/c1-13-9-10-16(19)11-17(13)21(25(3,23)24)14(2)18(22)20-12-15-7-5-4-6-8-15/h7,9-11,14H,4-6,8,12H2,1-3H3,(H,20,22). The van der Waals surface area contributed by atoms with E-state index in [1.807, 2.05) is 0 Å². The van der Waals surface area contributed by atoms with Gasteiger partial charge in [-0.1, -0.05) is 29.3 Å². The van der Waals surface area contributed by atoms with Crippen molar-refractivity contribution in [2.75, 3.05) is 17.1 Å². The number of nitrogens with one attached hydrogen (secondary N) is 1. The molecule has 1 aromatic rings. The van der Waals surface area contributed by atoms with E-state index >= 15 is 0 Å². The summed E-state index contributed by atoms with van der Waals surface area (Å²) in [6.45, 7) is 3.85. The Labute approximate surface area is 155 Å². The lowest BCUT2D eigenvalue weighted by molar-refractivity contribution is -0.121. The van der Waals surface area contributed by atoms with E-state index in [1.54, 1.807) is 32.0 Å². The Morgan fingerprint density at radius 1 is 1.36 bits per heavy atom. The van der Waals surface area contributed by atoms with E-state index in [9.17, 15) is 13.2 Å². The molecule has 25 heavy (non-hydrogen) atoms. The lowest BCUT2D eigenvalue weighted by Crippen LogP contribution is -2.48. The third-order valence-corrected chi connectivity index (χ3v) is 5.83. The highest BCUT2D eigenvalue weighted by atomic mass is 35.5. The number of allylic oxidation sites excluding steroid dienone is 1. The van der Waals surface area contributed by atoms with Crippen LogP contribution in [0.5, 0.6) is 0 Å². The number of sulfonamides is 1. The van der Waals surface area contributed by atoms with Gasteiger partial charge in [-0.15, -0.1) is 0 Å². The van der Waals surface area contributed by atoms with Crippen molar-refractivity contribution >= 4 is 33.2 Å². The number of amides is 1. The highest BCUT2D eigenvalue weighted by molar-refractivity contribution is 7.92. The molecule has 0 fully saturated rings. The number of carbonyl (C=O) groups excluding carboxylic acids is 1. The maximum Gasteiger partial charge on any atom is 0.243 e. The van der Waals surface area contributed by atoms with Gasteiger partial charge in [0.1, 0.15) is 6.04 Å². The van der Waals surface area contributed by atoms with Crippen LogP contribution in [0.4, 0.5) is 5.69 Å². The summed E-state index contributed by atoms with van der Waals surface area (Å²) in [6, 6.07) is 4.15. The van der Waals surface area contributed by atoms with Crippen molar-refractivity contribution in [1.82, 2.24) is 5.32 Å². The number of aryl methyl sites for hydroxylation is 1. The highest BCUT2D eigenvalue weighted by Crippen LogP contribution is 2.28. The van der Waals surface area contributed by atoms with E-state index < -0.39 is 16.1 Å². The molecule has 1 N–H and O–H groups in total. The van der Waals surface area contributed by atoms with E-state index in [-0.39, 0.29) is 5.91 Å². The van der Waals surface area contributed by atoms with Crippen molar-refractivity contribution in [3.05, 3.63) is 40.4 Å². The predicted molar refractivity (Wildman–Crippen MR) is 103 cm³/mol. The average molecular weight is 385 g/mol. The second-order valence-corrected chi connectivity index (χ2v) is 8.79. The molecule has 1 atom stereocenters. The molecule has 2 rings (SSSR count). The predicted octanol–water partition coefficient (Wildman–Crippen LogP) is 3.42. The molecule has 7 heteroatoms. The molecular formula is C18H25ClN2O3S. The third kappa shape index (κ3) is 5.22. The van der Waals surface area contributed by atoms with E-state index in [4.69, 9.17) is 11.6 Å². The molecule has 0 saturated carbocycles. The molecule has 138 valence electrons. The largest absolute Gasteiger partial charge is 0.351 e. The van der Waals surface area contributed by atoms with Gasteiger partial charge in [0, 0.05) is 11.6 Å². The first-order valence-corrected chi connectivity index (χ1v) is 10.6. The van der Waals surface area contributed by atoms with Gasteiger partial charge in [-0.05, 0) is 57.2 Å². The summed E-state index contributed by atoms with van der Waals surface area (Å²) in [4.78, 5) is 12.6. The van der Waals surface area contributed by atoms with Crippen LogP contribution in [-0.2, 0) is 14.8 Å². The Hall–Kier alpha value is -1.53. The minimum Gasteiger partial charge on any atom is -0.351 e. The van der Waals surface area contributed by atoms with Crippen LogP contribution >= 0.6 is 11.6 Å². The molecule has 1 unspecified atom stereocenters. The van der Waals surface area contributed by atoms with E-state index in [0.29, 0.717) is 17.3 Å². The SMILES string of the molecule is Cc1ccc(Cl)cc1N(C(C)C(=O)NCC1=CCCCC1)S(C)(=O)=O. The minimum atomic E-state index is -3.65. The van der Waals surface area contributed by atoms with Gasteiger partial charge >= 0.3 is 0 Å². The Bertz CT molecular complexity index is 775. The maximum atomic E-state index is 12.6. The van der Waals surface area contributed by atoms with Crippen molar-refractivity contribution in [2.45, 2.75) is 45.6 Å². The molecule has 0 radical (unpaired) electrons. The Morgan fingerprint density at radius 2 is 2.08 bits per heavy atom. The fourth-order valence-electron chi connectivity index (χ4n) is 3.01. The first-order chi connectivity index (χ1) is 11.7. The number of carbonyl (C=O) groups is 1. The number of benzene rings is 1. The average Bonchev–Trinajstić information content (AvgIpc) is 2.55. The van der Waals surface area contributed by atoms with Crippen LogP contribution in [0.3, 0.4) is 0 Å². The number of rotatable bonds is 6. The summed E-state index contributed by atoms with van der Waals surface area (Å²) in [5.41, 5.74) is 2.37. The summed E-state index contributed by atoms with van der Waals surface area (Å²) in [6.07, 6.45) is 7.60. The van der Waals surface area contributed by atoms with Gasteiger partial charge in [-0.25, -0.2) is 8.42 Å². The highest BCUT2D eigenvalue weighted by Gasteiger charge is 2.30. The third-order valence-electron chi connectivity index (χ3n) is 4.37.